The summed E-state index contributed by atoms with van der Waals surface area (Å²) in [7, 11) is 0. The summed E-state index contributed by atoms with van der Waals surface area (Å²) in [6, 6.07) is 17.0. The minimum atomic E-state index is -0.269. The third kappa shape index (κ3) is 6.26. The second kappa shape index (κ2) is 11.8. The van der Waals surface area contributed by atoms with Gasteiger partial charge in [-0.15, -0.1) is 0 Å². The minimum absolute atomic E-state index is 0.159. The lowest BCUT2D eigenvalue weighted by molar-refractivity contribution is -0.118. The number of carbonyl (C=O) groups excluding carboxylic acids is 2. The molecule has 1 saturated heterocycles. The number of hydrogen-bond acceptors (Lipinski definition) is 6. The van der Waals surface area contributed by atoms with E-state index < -0.39 is 0 Å². The number of rotatable bonds is 8. The Labute approximate surface area is 233 Å². The Morgan fingerprint density at radius 1 is 0.947 bits per heavy atom. The van der Waals surface area contributed by atoms with Gasteiger partial charge in [0.1, 0.15) is 0 Å². The number of benzene rings is 3. The molecule has 38 heavy (non-hydrogen) atoms. The van der Waals surface area contributed by atoms with Gasteiger partial charge < -0.3 is 14.8 Å². The molecule has 0 saturated carbocycles. The maximum Gasteiger partial charge on any atom is 0.270 e. The molecular weight excluding hydrogens is 516 g/mol. The number of hydrogen-bond donors (Lipinski definition) is 1. The van der Waals surface area contributed by atoms with E-state index in [1.165, 1.54) is 11.8 Å². The summed E-state index contributed by atoms with van der Waals surface area (Å²) in [5, 5.41) is 2.85. The van der Waals surface area contributed by atoms with E-state index in [0.29, 0.717) is 27.3 Å². The number of thioether (sulfide) groups is 1. The molecule has 0 aliphatic carbocycles. The van der Waals surface area contributed by atoms with Crippen molar-refractivity contribution in [2.75, 3.05) is 23.4 Å². The van der Waals surface area contributed by atoms with Gasteiger partial charge in [0.2, 0.25) is 0 Å². The van der Waals surface area contributed by atoms with Crippen molar-refractivity contribution < 1.29 is 19.1 Å². The highest BCUT2D eigenvalue weighted by Crippen LogP contribution is 2.38. The van der Waals surface area contributed by atoms with E-state index in [4.69, 9.17) is 21.7 Å². The highest BCUT2D eigenvalue weighted by Gasteiger charge is 2.34. The van der Waals surface area contributed by atoms with E-state index in [1.54, 1.807) is 23.1 Å². The van der Waals surface area contributed by atoms with Gasteiger partial charge in [-0.1, -0.05) is 53.8 Å². The molecule has 0 unspecified atom stereocenters. The summed E-state index contributed by atoms with van der Waals surface area (Å²) < 4.78 is 12.0. The molecule has 2 amide bonds. The maximum atomic E-state index is 13.3. The lowest BCUT2D eigenvalue weighted by Crippen LogP contribution is -2.28. The highest BCUT2D eigenvalue weighted by molar-refractivity contribution is 8.27. The largest absolute Gasteiger partial charge is 0.490 e. The Morgan fingerprint density at radius 3 is 2.45 bits per heavy atom. The van der Waals surface area contributed by atoms with Crippen LogP contribution in [0.5, 0.6) is 11.5 Å². The molecule has 0 radical (unpaired) electrons. The first kappa shape index (κ1) is 27.4. The summed E-state index contributed by atoms with van der Waals surface area (Å²) in [4.78, 5) is 27.8. The zero-order valence-corrected chi connectivity index (χ0v) is 23.7. The Bertz CT molecular complexity index is 1450. The van der Waals surface area contributed by atoms with Gasteiger partial charge in [0.25, 0.3) is 11.8 Å². The van der Waals surface area contributed by atoms with Gasteiger partial charge >= 0.3 is 0 Å². The van der Waals surface area contributed by atoms with Crippen LogP contribution in [-0.2, 0) is 9.59 Å². The molecule has 1 aliphatic rings. The molecule has 1 heterocycles. The summed E-state index contributed by atoms with van der Waals surface area (Å²) >= 11 is 6.81. The standard InChI is InChI=1S/C30H30N2O4S2/c1-6-35-26-15-22(9-12-25(26)36-17-28(33)31-23-10-8-19(3)20(4)14-23)16-27-29(34)32(30(37)38-27)24-11-7-18(2)13-21(24)5/h7-16H,6,17H2,1-5H3,(H,31,33)/b27-16-. The third-order valence-corrected chi connectivity index (χ3v) is 7.40. The fourth-order valence-electron chi connectivity index (χ4n) is 4.04. The minimum Gasteiger partial charge on any atom is -0.490 e. The molecule has 196 valence electrons. The smallest absolute Gasteiger partial charge is 0.270 e. The van der Waals surface area contributed by atoms with Crippen molar-refractivity contribution in [3.8, 4) is 11.5 Å². The van der Waals surface area contributed by atoms with Crippen molar-refractivity contribution in [2.45, 2.75) is 34.6 Å². The van der Waals surface area contributed by atoms with Crippen LogP contribution in [0.25, 0.3) is 6.08 Å². The SMILES string of the molecule is CCOc1cc(/C=C2\SC(=S)N(c3ccc(C)cc3C)C2=O)ccc1OCC(=O)Nc1ccc(C)c(C)c1. The fourth-order valence-corrected chi connectivity index (χ4v) is 5.33. The molecule has 8 heteroatoms. The molecule has 1 fully saturated rings. The van der Waals surface area contributed by atoms with Crippen LogP contribution in [0.1, 0.15) is 34.7 Å². The van der Waals surface area contributed by atoms with Crippen LogP contribution in [0, 0.1) is 27.7 Å². The average molecular weight is 547 g/mol. The van der Waals surface area contributed by atoms with Gasteiger partial charge in [-0.2, -0.15) is 0 Å². The van der Waals surface area contributed by atoms with E-state index in [2.05, 4.69) is 5.32 Å². The lowest BCUT2D eigenvalue weighted by atomic mass is 10.1. The second-order valence-electron chi connectivity index (χ2n) is 9.08. The van der Waals surface area contributed by atoms with Gasteiger partial charge in [-0.25, -0.2) is 0 Å². The van der Waals surface area contributed by atoms with Gasteiger partial charge in [0, 0.05) is 5.69 Å². The first-order valence-corrected chi connectivity index (χ1v) is 13.5. The van der Waals surface area contributed by atoms with Crippen molar-refractivity contribution in [1.82, 2.24) is 0 Å². The number of amides is 2. The molecule has 0 atom stereocenters. The Morgan fingerprint density at radius 2 is 1.74 bits per heavy atom. The van der Waals surface area contributed by atoms with Crippen LogP contribution in [0.3, 0.4) is 0 Å². The van der Waals surface area contributed by atoms with Gasteiger partial charge in [0.05, 0.1) is 17.2 Å². The van der Waals surface area contributed by atoms with Crippen LogP contribution >= 0.6 is 24.0 Å². The molecule has 1 aliphatic heterocycles. The van der Waals surface area contributed by atoms with E-state index in [0.717, 1.165) is 39.2 Å². The van der Waals surface area contributed by atoms with E-state index in [-0.39, 0.29) is 18.4 Å². The molecule has 0 bridgehead atoms. The first-order valence-electron chi connectivity index (χ1n) is 12.3. The number of nitrogens with zero attached hydrogens (tertiary/aromatic N) is 1. The van der Waals surface area contributed by atoms with Crippen LogP contribution in [0.15, 0.2) is 59.5 Å². The molecule has 6 nitrogen and oxygen atoms in total. The van der Waals surface area contributed by atoms with Crippen LogP contribution in [0.2, 0.25) is 0 Å². The van der Waals surface area contributed by atoms with Crippen molar-refractivity contribution in [2.24, 2.45) is 0 Å². The summed E-state index contributed by atoms with van der Waals surface area (Å²) in [5.41, 5.74) is 6.66. The Hall–Kier alpha value is -3.62. The molecule has 3 aromatic carbocycles. The summed E-state index contributed by atoms with van der Waals surface area (Å²) in [6.07, 6.45) is 1.79. The predicted octanol–water partition coefficient (Wildman–Crippen LogP) is 6.74. The molecule has 1 N–H and O–H groups in total. The van der Waals surface area contributed by atoms with Crippen LogP contribution < -0.4 is 19.7 Å². The van der Waals surface area contributed by atoms with Gasteiger partial charge in [-0.3, -0.25) is 14.5 Å². The number of carbonyl (C=O) groups is 2. The molecule has 0 spiro atoms. The third-order valence-electron chi connectivity index (χ3n) is 6.10. The number of aryl methyl sites for hydroxylation is 4. The number of nitrogens with one attached hydrogen (secondary N) is 1. The topological polar surface area (TPSA) is 67.9 Å². The number of ether oxygens (including phenoxy) is 2. The van der Waals surface area contributed by atoms with Gasteiger partial charge in [-0.05, 0) is 93.3 Å². The summed E-state index contributed by atoms with van der Waals surface area (Å²) in [6.45, 7) is 10.1. The zero-order chi connectivity index (χ0) is 27.4. The summed E-state index contributed by atoms with van der Waals surface area (Å²) in [5.74, 6) is 0.509. The quantitative estimate of drug-likeness (QED) is 0.249. The van der Waals surface area contributed by atoms with Crippen molar-refractivity contribution in [3.05, 3.63) is 87.3 Å². The second-order valence-corrected chi connectivity index (χ2v) is 10.8. The predicted molar refractivity (Wildman–Crippen MR) is 159 cm³/mol. The molecule has 3 aromatic rings. The van der Waals surface area contributed by atoms with Crippen molar-refractivity contribution >= 4 is 57.6 Å². The monoisotopic (exact) mass is 546 g/mol. The zero-order valence-electron chi connectivity index (χ0n) is 22.1. The van der Waals surface area contributed by atoms with E-state index in [9.17, 15) is 9.59 Å². The van der Waals surface area contributed by atoms with E-state index in [1.807, 2.05) is 77.1 Å². The normalized spacial score (nSPS) is 14.2. The maximum absolute atomic E-state index is 13.3. The van der Waals surface area contributed by atoms with Crippen LogP contribution in [-0.4, -0.2) is 29.3 Å². The van der Waals surface area contributed by atoms with Gasteiger partial charge in [0.15, 0.2) is 22.4 Å². The van der Waals surface area contributed by atoms with Crippen LogP contribution in [0.4, 0.5) is 11.4 Å². The molecule has 0 aromatic heterocycles. The number of thiocarbonyl (C=S) groups is 1. The Kier molecular flexibility index (Phi) is 8.54. The average Bonchev–Trinajstić information content (AvgIpc) is 3.13. The lowest BCUT2D eigenvalue weighted by Gasteiger charge is -2.17. The van der Waals surface area contributed by atoms with Crippen molar-refractivity contribution in [3.63, 3.8) is 0 Å². The molecular formula is C30H30N2O4S2. The fraction of sp³-hybridized carbons (Fsp3) is 0.233. The molecule has 4 rings (SSSR count). The highest BCUT2D eigenvalue weighted by atomic mass is 32.2. The van der Waals surface area contributed by atoms with E-state index >= 15 is 0 Å². The Balaban J connectivity index is 1.48. The number of anilines is 2. The van der Waals surface area contributed by atoms with Crippen molar-refractivity contribution in [1.29, 1.82) is 0 Å². The first-order chi connectivity index (χ1) is 18.2.